The molecule has 0 aromatic heterocycles. The largest absolute Gasteiger partial charge is 0.392 e. The summed E-state index contributed by atoms with van der Waals surface area (Å²) in [6, 6.07) is 4.77. The summed E-state index contributed by atoms with van der Waals surface area (Å²) < 4.78 is 22.7. The van der Waals surface area contributed by atoms with Gasteiger partial charge in [-0.05, 0) is 18.1 Å². The van der Waals surface area contributed by atoms with Crippen LogP contribution in [0.25, 0.3) is 0 Å². The molecule has 6 heteroatoms. The molecule has 1 N–H and O–H groups in total. The molecule has 0 unspecified atom stereocenters. The number of aliphatic hydroxyl groups is 1. The van der Waals surface area contributed by atoms with Crippen LogP contribution in [0.3, 0.4) is 0 Å². The average Bonchev–Trinajstić information content (AvgIpc) is 2.25. The third-order valence-corrected chi connectivity index (χ3v) is 3.68. The Labute approximate surface area is 98.5 Å². The Balaban J connectivity index is 3.72. The zero-order valence-electron chi connectivity index (χ0n) is 8.57. The normalized spacial score (nSPS) is 11.1. The van der Waals surface area contributed by atoms with Crippen LogP contribution in [0.4, 0.5) is 0 Å². The summed E-state index contributed by atoms with van der Waals surface area (Å²) in [6.07, 6.45) is 0.557. The summed E-state index contributed by atoms with van der Waals surface area (Å²) in [7, 11) is 1.23. The minimum absolute atomic E-state index is 0.0451. The highest BCUT2D eigenvalue weighted by Gasteiger charge is 2.22. The van der Waals surface area contributed by atoms with Crippen LogP contribution < -0.4 is 0 Å². The van der Waals surface area contributed by atoms with Crippen molar-refractivity contribution in [2.75, 3.05) is 0 Å². The molecule has 1 aromatic rings. The molecule has 0 radical (unpaired) electrons. The molecule has 1 rings (SSSR count). The quantitative estimate of drug-likeness (QED) is 0.835. The van der Waals surface area contributed by atoms with Crippen molar-refractivity contribution in [3.8, 4) is 6.07 Å². The average molecular weight is 260 g/mol. The zero-order chi connectivity index (χ0) is 12.3. The number of aliphatic hydroxyl groups excluding tert-OH is 1. The molecule has 0 atom stereocenters. The van der Waals surface area contributed by atoms with Gasteiger partial charge in [0.05, 0.1) is 12.2 Å². The first-order valence-electron chi connectivity index (χ1n) is 4.56. The van der Waals surface area contributed by atoms with Gasteiger partial charge in [-0.25, -0.2) is 8.42 Å². The van der Waals surface area contributed by atoms with Crippen molar-refractivity contribution in [2.24, 2.45) is 0 Å². The third-order valence-electron chi connectivity index (χ3n) is 2.26. The Morgan fingerprint density at radius 2 is 2.12 bits per heavy atom. The molecule has 4 nitrogen and oxygen atoms in total. The predicted octanol–water partition coefficient (Wildman–Crippen LogP) is 1.54. The lowest BCUT2D eigenvalue weighted by atomic mass is 10.0. The fourth-order valence-corrected chi connectivity index (χ4v) is 2.93. The van der Waals surface area contributed by atoms with Crippen LogP contribution in [0, 0.1) is 11.3 Å². The van der Waals surface area contributed by atoms with Gasteiger partial charge in [0.15, 0.2) is 0 Å². The van der Waals surface area contributed by atoms with E-state index in [1.54, 1.807) is 12.1 Å². The van der Waals surface area contributed by atoms with Crippen LogP contribution in [0.15, 0.2) is 17.0 Å². The van der Waals surface area contributed by atoms with Crippen LogP contribution in [0.5, 0.6) is 0 Å². The molecule has 0 amide bonds. The number of rotatable bonds is 3. The lowest BCUT2D eigenvalue weighted by Gasteiger charge is -2.10. The number of nitrogens with zero attached hydrogens (tertiary/aromatic N) is 1. The van der Waals surface area contributed by atoms with E-state index in [0.717, 1.165) is 0 Å². The monoisotopic (exact) mass is 259 g/mol. The maximum absolute atomic E-state index is 11.4. The summed E-state index contributed by atoms with van der Waals surface area (Å²) in [5.74, 6) is 0. The predicted molar refractivity (Wildman–Crippen MR) is 59.5 cm³/mol. The molecular formula is C10H10ClNO3S. The van der Waals surface area contributed by atoms with Crippen molar-refractivity contribution in [1.29, 1.82) is 5.26 Å². The van der Waals surface area contributed by atoms with E-state index >= 15 is 0 Å². The number of hydrogen-bond acceptors (Lipinski definition) is 4. The number of hydrogen-bond donors (Lipinski definition) is 1. The minimum Gasteiger partial charge on any atom is -0.392 e. The number of benzene rings is 1. The zero-order valence-corrected chi connectivity index (χ0v) is 10.1. The van der Waals surface area contributed by atoms with Crippen LogP contribution >= 0.6 is 10.7 Å². The number of aryl methyl sites for hydroxylation is 1. The molecule has 1 aromatic carbocycles. The molecule has 0 aliphatic carbocycles. The van der Waals surface area contributed by atoms with Crippen molar-refractivity contribution in [3.05, 3.63) is 28.8 Å². The van der Waals surface area contributed by atoms with Gasteiger partial charge in [-0.15, -0.1) is 0 Å². The Hall–Kier alpha value is -1.09. The lowest BCUT2D eigenvalue weighted by molar-refractivity contribution is 0.277. The lowest BCUT2D eigenvalue weighted by Crippen LogP contribution is -2.05. The smallest absolute Gasteiger partial charge is 0.262 e. The van der Waals surface area contributed by atoms with E-state index in [-0.39, 0.29) is 16.0 Å². The van der Waals surface area contributed by atoms with Crippen molar-refractivity contribution in [1.82, 2.24) is 0 Å². The highest BCUT2D eigenvalue weighted by Crippen LogP contribution is 2.27. The first-order chi connectivity index (χ1) is 7.45. The Kier molecular flexibility index (Phi) is 3.92. The number of nitriles is 1. The summed E-state index contributed by atoms with van der Waals surface area (Å²) in [4.78, 5) is -0.279. The topological polar surface area (TPSA) is 78.2 Å². The summed E-state index contributed by atoms with van der Waals surface area (Å²) in [5.41, 5.74) is 0.827. The van der Waals surface area contributed by atoms with Gasteiger partial charge in [-0.3, -0.25) is 0 Å². The third kappa shape index (κ3) is 2.35. The van der Waals surface area contributed by atoms with Crippen LogP contribution in [-0.4, -0.2) is 13.5 Å². The van der Waals surface area contributed by atoms with E-state index in [0.29, 0.717) is 12.0 Å². The molecule has 0 aliphatic rings. The molecular weight excluding hydrogens is 250 g/mol. The van der Waals surface area contributed by atoms with Crippen LogP contribution in [-0.2, 0) is 22.1 Å². The molecule has 0 fully saturated rings. The SMILES string of the molecule is CCc1ccc(C#N)c(S(=O)(=O)Cl)c1CO. The van der Waals surface area contributed by atoms with Crippen molar-refractivity contribution < 1.29 is 13.5 Å². The van der Waals surface area contributed by atoms with Gasteiger partial charge < -0.3 is 5.11 Å². The van der Waals surface area contributed by atoms with Gasteiger partial charge >= 0.3 is 0 Å². The van der Waals surface area contributed by atoms with Crippen molar-refractivity contribution in [2.45, 2.75) is 24.8 Å². The second kappa shape index (κ2) is 4.83. The minimum atomic E-state index is -4.03. The summed E-state index contributed by atoms with van der Waals surface area (Å²) in [5, 5.41) is 18.0. The molecule has 0 bridgehead atoms. The first kappa shape index (κ1) is 13.0. The summed E-state index contributed by atoms with van der Waals surface area (Å²) in [6.45, 7) is 1.37. The van der Waals surface area contributed by atoms with Crippen molar-refractivity contribution >= 4 is 19.7 Å². The Bertz CT molecular complexity index is 546. The molecule has 0 saturated heterocycles. The molecule has 86 valence electrons. The fraction of sp³-hybridized carbons (Fsp3) is 0.300. The van der Waals surface area contributed by atoms with Gasteiger partial charge in [0, 0.05) is 16.2 Å². The molecule has 0 heterocycles. The van der Waals surface area contributed by atoms with E-state index in [9.17, 15) is 13.5 Å². The van der Waals surface area contributed by atoms with E-state index in [1.165, 1.54) is 6.07 Å². The van der Waals surface area contributed by atoms with Gasteiger partial charge in [0.2, 0.25) is 0 Å². The molecule has 0 spiro atoms. The molecule has 16 heavy (non-hydrogen) atoms. The maximum atomic E-state index is 11.4. The molecule has 0 aliphatic heterocycles. The van der Waals surface area contributed by atoms with Crippen LogP contribution in [0.1, 0.15) is 23.6 Å². The van der Waals surface area contributed by atoms with E-state index in [4.69, 9.17) is 15.9 Å². The standard InChI is InChI=1S/C10H10ClNO3S/c1-2-7-3-4-8(5-12)10(9(7)6-13)16(11,14)15/h3-4,13H,2,6H2,1H3. The maximum Gasteiger partial charge on any atom is 0.262 e. The first-order valence-corrected chi connectivity index (χ1v) is 6.87. The van der Waals surface area contributed by atoms with Gasteiger partial charge in [0.1, 0.15) is 11.0 Å². The van der Waals surface area contributed by atoms with Crippen LogP contribution in [0.2, 0.25) is 0 Å². The Morgan fingerprint density at radius 3 is 2.50 bits per heavy atom. The highest BCUT2D eigenvalue weighted by atomic mass is 35.7. The van der Waals surface area contributed by atoms with Gasteiger partial charge in [-0.1, -0.05) is 13.0 Å². The second-order valence-corrected chi connectivity index (χ2v) is 5.64. The van der Waals surface area contributed by atoms with Gasteiger partial charge in [-0.2, -0.15) is 5.26 Å². The molecule has 0 saturated carbocycles. The van der Waals surface area contributed by atoms with E-state index < -0.39 is 15.7 Å². The van der Waals surface area contributed by atoms with E-state index in [2.05, 4.69) is 0 Å². The number of halogens is 1. The fourth-order valence-electron chi connectivity index (χ4n) is 1.54. The van der Waals surface area contributed by atoms with Gasteiger partial charge in [0.25, 0.3) is 9.05 Å². The summed E-state index contributed by atoms with van der Waals surface area (Å²) >= 11 is 0. The Morgan fingerprint density at radius 1 is 1.50 bits per heavy atom. The van der Waals surface area contributed by atoms with Crippen molar-refractivity contribution in [3.63, 3.8) is 0 Å². The van der Waals surface area contributed by atoms with E-state index in [1.807, 2.05) is 6.92 Å². The highest BCUT2D eigenvalue weighted by molar-refractivity contribution is 8.13. The second-order valence-electron chi connectivity index (χ2n) is 3.14.